The Kier molecular flexibility index (Phi) is 6.46. The van der Waals surface area contributed by atoms with E-state index in [1.165, 1.54) is 0 Å². The maximum atomic E-state index is 12.2. The standard InChI is InChI=1S/C13H22N2OS/c1-3-9-17-10-8-15-12(16)13(4-2)6-5-7-14-11-13/h1,14H,4-11H2,2H3,(H,15,16). The lowest BCUT2D eigenvalue weighted by molar-refractivity contribution is -0.132. The summed E-state index contributed by atoms with van der Waals surface area (Å²) in [4.78, 5) is 12.2. The molecule has 2 N–H and O–H groups in total. The van der Waals surface area contributed by atoms with Crippen LogP contribution in [0.4, 0.5) is 0 Å². The third-order valence-corrected chi connectivity index (χ3v) is 4.21. The quantitative estimate of drug-likeness (QED) is 0.554. The second-order valence-electron chi connectivity index (χ2n) is 4.43. The zero-order valence-electron chi connectivity index (χ0n) is 10.6. The molecule has 1 atom stereocenters. The fourth-order valence-electron chi connectivity index (χ4n) is 2.18. The lowest BCUT2D eigenvalue weighted by Gasteiger charge is -2.35. The molecule has 1 aliphatic heterocycles. The van der Waals surface area contributed by atoms with Gasteiger partial charge in [-0.15, -0.1) is 18.2 Å². The number of hydrogen-bond acceptors (Lipinski definition) is 3. The highest BCUT2D eigenvalue weighted by molar-refractivity contribution is 7.99. The highest BCUT2D eigenvalue weighted by Crippen LogP contribution is 2.30. The minimum Gasteiger partial charge on any atom is -0.355 e. The van der Waals surface area contributed by atoms with Crippen LogP contribution in [0.15, 0.2) is 0 Å². The van der Waals surface area contributed by atoms with E-state index in [4.69, 9.17) is 6.42 Å². The van der Waals surface area contributed by atoms with Crippen molar-refractivity contribution in [2.45, 2.75) is 26.2 Å². The highest BCUT2D eigenvalue weighted by Gasteiger charge is 2.37. The topological polar surface area (TPSA) is 41.1 Å². The van der Waals surface area contributed by atoms with Gasteiger partial charge in [0.15, 0.2) is 0 Å². The first-order valence-corrected chi connectivity index (χ1v) is 7.41. The Morgan fingerprint density at radius 2 is 2.47 bits per heavy atom. The fraction of sp³-hybridized carbons (Fsp3) is 0.769. The van der Waals surface area contributed by atoms with Gasteiger partial charge in [0.25, 0.3) is 0 Å². The van der Waals surface area contributed by atoms with Crippen molar-refractivity contribution in [3.63, 3.8) is 0 Å². The average molecular weight is 254 g/mol. The Balaban J connectivity index is 2.31. The lowest BCUT2D eigenvalue weighted by atomic mass is 9.77. The smallest absolute Gasteiger partial charge is 0.227 e. The number of piperidine rings is 1. The molecule has 1 saturated heterocycles. The molecule has 1 unspecified atom stereocenters. The molecule has 1 fully saturated rings. The number of hydrogen-bond donors (Lipinski definition) is 2. The molecule has 4 heteroatoms. The van der Waals surface area contributed by atoms with Crippen molar-refractivity contribution >= 4 is 17.7 Å². The van der Waals surface area contributed by atoms with Gasteiger partial charge in [-0.3, -0.25) is 4.79 Å². The Morgan fingerprint density at radius 1 is 1.65 bits per heavy atom. The van der Waals surface area contributed by atoms with Crippen molar-refractivity contribution in [2.24, 2.45) is 5.41 Å². The molecular formula is C13H22N2OS. The summed E-state index contributed by atoms with van der Waals surface area (Å²) in [5, 5.41) is 6.36. The molecule has 1 heterocycles. The summed E-state index contributed by atoms with van der Waals surface area (Å²) in [5.74, 6) is 4.39. The molecule has 3 nitrogen and oxygen atoms in total. The molecule has 1 amide bonds. The third kappa shape index (κ3) is 4.25. The lowest BCUT2D eigenvalue weighted by Crippen LogP contribution is -2.50. The second-order valence-corrected chi connectivity index (χ2v) is 5.53. The first-order valence-electron chi connectivity index (χ1n) is 6.25. The van der Waals surface area contributed by atoms with Crippen LogP contribution in [0.5, 0.6) is 0 Å². The molecule has 1 aliphatic rings. The van der Waals surface area contributed by atoms with Gasteiger partial charge >= 0.3 is 0 Å². The number of carbonyl (C=O) groups is 1. The zero-order chi connectivity index (χ0) is 12.6. The molecular weight excluding hydrogens is 232 g/mol. The van der Waals surface area contributed by atoms with E-state index in [-0.39, 0.29) is 11.3 Å². The molecule has 0 saturated carbocycles. The van der Waals surface area contributed by atoms with E-state index < -0.39 is 0 Å². The molecule has 0 bridgehead atoms. The largest absolute Gasteiger partial charge is 0.355 e. The van der Waals surface area contributed by atoms with Gasteiger partial charge in [0.1, 0.15) is 0 Å². The number of thioether (sulfide) groups is 1. The van der Waals surface area contributed by atoms with E-state index in [0.29, 0.717) is 6.54 Å². The van der Waals surface area contributed by atoms with Gasteiger partial charge in [0.2, 0.25) is 5.91 Å². The Bertz CT molecular complexity index is 280. The van der Waals surface area contributed by atoms with Crippen molar-refractivity contribution in [3.05, 3.63) is 0 Å². The van der Waals surface area contributed by atoms with E-state index >= 15 is 0 Å². The van der Waals surface area contributed by atoms with Gasteiger partial charge in [-0.2, -0.15) is 0 Å². The molecule has 1 rings (SSSR count). The van der Waals surface area contributed by atoms with Crippen molar-refractivity contribution in [1.29, 1.82) is 0 Å². The molecule has 0 aromatic carbocycles. The van der Waals surface area contributed by atoms with Gasteiger partial charge in [-0.25, -0.2) is 0 Å². The minimum absolute atomic E-state index is 0.185. The maximum Gasteiger partial charge on any atom is 0.227 e. The van der Waals surface area contributed by atoms with Gasteiger partial charge in [0, 0.05) is 18.8 Å². The Hall–Kier alpha value is -0.660. The normalized spacial score (nSPS) is 24.0. The molecule has 0 radical (unpaired) electrons. The van der Waals surface area contributed by atoms with Crippen molar-refractivity contribution < 1.29 is 4.79 Å². The maximum absolute atomic E-state index is 12.2. The van der Waals surface area contributed by atoms with Gasteiger partial charge in [0.05, 0.1) is 11.2 Å². The van der Waals surface area contributed by atoms with Crippen LogP contribution in [0.2, 0.25) is 0 Å². The zero-order valence-corrected chi connectivity index (χ0v) is 11.4. The first-order chi connectivity index (χ1) is 8.25. The highest BCUT2D eigenvalue weighted by atomic mass is 32.2. The predicted molar refractivity (Wildman–Crippen MR) is 74.0 cm³/mol. The van der Waals surface area contributed by atoms with E-state index in [1.807, 2.05) is 0 Å². The van der Waals surface area contributed by atoms with Crippen LogP contribution < -0.4 is 10.6 Å². The summed E-state index contributed by atoms with van der Waals surface area (Å²) in [7, 11) is 0. The fourth-order valence-corrected chi connectivity index (χ4v) is 2.69. The molecule has 0 aromatic rings. The summed E-state index contributed by atoms with van der Waals surface area (Å²) < 4.78 is 0. The number of terminal acetylenes is 1. The van der Waals surface area contributed by atoms with Gasteiger partial charge in [-0.1, -0.05) is 12.8 Å². The number of nitrogens with one attached hydrogen (secondary N) is 2. The molecule has 17 heavy (non-hydrogen) atoms. The predicted octanol–water partition coefficient (Wildman–Crippen LogP) is 1.25. The van der Waals surface area contributed by atoms with Crippen LogP contribution in [0.25, 0.3) is 0 Å². The summed E-state index contributed by atoms with van der Waals surface area (Å²) in [6.07, 6.45) is 8.16. The van der Waals surface area contributed by atoms with Crippen LogP contribution in [0.3, 0.4) is 0 Å². The van der Waals surface area contributed by atoms with E-state index in [1.54, 1.807) is 11.8 Å². The van der Waals surface area contributed by atoms with Crippen LogP contribution in [-0.2, 0) is 4.79 Å². The monoisotopic (exact) mass is 254 g/mol. The molecule has 0 spiro atoms. The minimum atomic E-state index is -0.185. The second kappa shape index (κ2) is 7.62. The molecule has 96 valence electrons. The van der Waals surface area contributed by atoms with Crippen LogP contribution in [-0.4, -0.2) is 37.0 Å². The summed E-state index contributed by atoms with van der Waals surface area (Å²) in [6.45, 7) is 4.66. The van der Waals surface area contributed by atoms with Crippen molar-refractivity contribution in [2.75, 3.05) is 31.1 Å². The van der Waals surface area contributed by atoms with Gasteiger partial charge < -0.3 is 10.6 Å². The number of amides is 1. The summed E-state index contributed by atoms with van der Waals surface area (Å²) in [6, 6.07) is 0. The van der Waals surface area contributed by atoms with E-state index in [2.05, 4.69) is 23.5 Å². The van der Waals surface area contributed by atoms with Crippen molar-refractivity contribution in [3.8, 4) is 12.3 Å². The third-order valence-electron chi connectivity index (χ3n) is 3.35. The first kappa shape index (κ1) is 14.4. The summed E-state index contributed by atoms with van der Waals surface area (Å²) in [5.41, 5.74) is -0.185. The number of rotatable bonds is 6. The van der Waals surface area contributed by atoms with Crippen LogP contribution in [0, 0.1) is 17.8 Å². The Morgan fingerprint density at radius 3 is 3.06 bits per heavy atom. The SMILES string of the molecule is C#CCSCCNC(=O)C1(CC)CCCNC1. The van der Waals surface area contributed by atoms with Crippen LogP contribution >= 0.6 is 11.8 Å². The summed E-state index contributed by atoms with van der Waals surface area (Å²) >= 11 is 1.68. The van der Waals surface area contributed by atoms with E-state index in [0.717, 1.165) is 43.9 Å². The van der Waals surface area contributed by atoms with E-state index in [9.17, 15) is 4.79 Å². The molecule has 0 aliphatic carbocycles. The molecule has 0 aromatic heterocycles. The Labute approximate surface area is 108 Å². The number of carbonyl (C=O) groups excluding carboxylic acids is 1. The van der Waals surface area contributed by atoms with Gasteiger partial charge in [-0.05, 0) is 25.8 Å². The average Bonchev–Trinajstić information content (AvgIpc) is 2.39. The van der Waals surface area contributed by atoms with Crippen molar-refractivity contribution in [1.82, 2.24) is 10.6 Å². The van der Waals surface area contributed by atoms with Crippen LogP contribution in [0.1, 0.15) is 26.2 Å².